The van der Waals surface area contributed by atoms with Crippen LogP contribution in [-0.4, -0.2) is 40.8 Å². The first-order chi connectivity index (χ1) is 15.9. The fraction of sp³-hybridized carbons (Fsp3) is 0.696. The second-order valence-corrected chi connectivity index (χ2v) is 10.0. The SMILES string of the molecule is CC(O)c1nc2nc(-c3noc(=O)[nH]3)nc(N[C@H](C)C3CCC3)c2n1C[C@H]1CC[C@H](C)CC1. The third-order valence-electron chi connectivity index (χ3n) is 7.46. The molecule has 0 aliphatic heterocycles. The topological polar surface area (TPSA) is 135 Å². The van der Waals surface area contributed by atoms with Gasteiger partial charge in [-0.25, -0.2) is 19.7 Å². The van der Waals surface area contributed by atoms with Crippen molar-refractivity contribution < 1.29 is 9.63 Å². The molecule has 3 heterocycles. The zero-order chi connectivity index (χ0) is 23.1. The highest BCUT2D eigenvalue weighted by Crippen LogP contribution is 2.35. The number of aromatic amines is 1. The quantitative estimate of drug-likeness (QED) is 0.491. The third-order valence-corrected chi connectivity index (χ3v) is 7.46. The van der Waals surface area contributed by atoms with Crippen LogP contribution in [0.2, 0.25) is 0 Å². The van der Waals surface area contributed by atoms with Crippen LogP contribution >= 0.6 is 0 Å². The first-order valence-electron chi connectivity index (χ1n) is 12.2. The summed E-state index contributed by atoms with van der Waals surface area (Å²) < 4.78 is 6.77. The Morgan fingerprint density at radius 3 is 2.52 bits per heavy atom. The molecule has 10 heteroatoms. The molecular formula is C23H33N7O3. The first-order valence-corrected chi connectivity index (χ1v) is 12.2. The number of fused-ring (bicyclic) bond motifs is 1. The molecule has 33 heavy (non-hydrogen) atoms. The van der Waals surface area contributed by atoms with E-state index in [-0.39, 0.29) is 17.7 Å². The molecule has 1 unspecified atom stereocenters. The molecule has 10 nitrogen and oxygen atoms in total. The van der Waals surface area contributed by atoms with Gasteiger partial charge in [0.05, 0.1) is 0 Å². The fourth-order valence-electron chi connectivity index (χ4n) is 5.13. The standard InChI is InChI=1S/C23H33N7O3/c1-12-7-9-15(10-8-12)11-30-17-18(24-13(2)16-5-4-6-16)25-20(21-28-23(32)33-29-21)26-19(17)27-22(30)14(3)31/h12-16,31H,4-11H2,1-3H3,(H,24,25,26)(H,28,29,32)/t12-,13-,14?,15-/m1/s1. The minimum Gasteiger partial charge on any atom is -0.385 e. The van der Waals surface area contributed by atoms with E-state index in [1.165, 1.54) is 44.9 Å². The Kier molecular flexibility index (Phi) is 5.94. The maximum absolute atomic E-state index is 11.5. The lowest BCUT2D eigenvalue weighted by Crippen LogP contribution is -2.31. The van der Waals surface area contributed by atoms with Crippen molar-refractivity contribution in [3.8, 4) is 11.6 Å². The molecular weight excluding hydrogens is 422 g/mol. The minimum atomic E-state index is -0.742. The van der Waals surface area contributed by atoms with E-state index in [0.717, 1.165) is 18.0 Å². The average Bonchev–Trinajstić information content (AvgIpc) is 3.32. The number of nitrogens with zero attached hydrogens (tertiary/aromatic N) is 5. The van der Waals surface area contributed by atoms with Crippen molar-refractivity contribution in [3.63, 3.8) is 0 Å². The molecule has 0 spiro atoms. The number of anilines is 1. The van der Waals surface area contributed by atoms with E-state index in [2.05, 4.69) is 43.4 Å². The van der Waals surface area contributed by atoms with Crippen molar-refractivity contribution in [2.45, 2.75) is 84.4 Å². The number of rotatable bonds is 7. The zero-order valence-corrected chi connectivity index (χ0v) is 19.5. The number of H-pyrrole nitrogens is 1. The molecule has 0 amide bonds. The van der Waals surface area contributed by atoms with Gasteiger partial charge < -0.3 is 15.0 Å². The lowest BCUT2D eigenvalue weighted by atomic mass is 9.80. The molecule has 2 fully saturated rings. The van der Waals surface area contributed by atoms with Crippen LogP contribution in [0.5, 0.6) is 0 Å². The molecule has 178 valence electrons. The summed E-state index contributed by atoms with van der Waals surface area (Å²) >= 11 is 0. The molecule has 0 bridgehead atoms. The van der Waals surface area contributed by atoms with Crippen molar-refractivity contribution in [3.05, 3.63) is 16.4 Å². The van der Waals surface area contributed by atoms with Gasteiger partial charge in [-0.2, -0.15) is 0 Å². The van der Waals surface area contributed by atoms with Crippen molar-refractivity contribution in [2.24, 2.45) is 17.8 Å². The van der Waals surface area contributed by atoms with E-state index in [0.29, 0.717) is 29.1 Å². The number of aliphatic hydroxyl groups excluding tert-OH is 1. The van der Waals surface area contributed by atoms with Crippen LogP contribution in [0.4, 0.5) is 5.82 Å². The largest absolute Gasteiger partial charge is 0.439 e. The fourth-order valence-corrected chi connectivity index (χ4v) is 5.13. The molecule has 3 aromatic heterocycles. The van der Waals surface area contributed by atoms with E-state index in [4.69, 9.17) is 9.97 Å². The van der Waals surface area contributed by atoms with E-state index in [1.54, 1.807) is 6.92 Å². The molecule has 2 saturated carbocycles. The number of hydrogen-bond donors (Lipinski definition) is 3. The highest BCUT2D eigenvalue weighted by atomic mass is 16.5. The molecule has 3 N–H and O–H groups in total. The number of aliphatic hydroxyl groups is 1. The highest BCUT2D eigenvalue weighted by molar-refractivity contribution is 5.85. The summed E-state index contributed by atoms with van der Waals surface area (Å²) in [6.45, 7) is 7.00. The van der Waals surface area contributed by atoms with Gasteiger partial charge in [-0.15, -0.1) is 0 Å². The summed E-state index contributed by atoms with van der Waals surface area (Å²) in [5.74, 6) is 2.88. The maximum Gasteiger partial charge on any atom is 0.439 e. The Bertz CT molecular complexity index is 1170. The van der Waals surface area contributed by atoms with Crippen LogP contribution in [0.25, 0.3) is 22.8 Å². The van der Waals surface area contributed by atoms with Gasteiger partial charge in [0.15, 0.2) is 11.5 Å². The van der Waals surface area contributed by atoms with Gasteiger partial charge in [0, 0.05) is 12.6 Å². The van der Waals surface area contributed by atoms with Gasteiger partial charge in [0.1, 0.15) is 17.4 Å². The molecule has 3 aromatic rings. The second-order valence-electron chi connectivity index (χ2n) is 10.0. The van der Waals surface area contributed by atoms with Crippen LogP contribution in [0.1, 0.15) is 77.6 Å². The molecule has 0 radical (unpaired) electrons. The smallest absolute Gasteiger partial charge is 0.385 e. The Morgan fingerprint density at radius 1 is 1.15 bits per heavy atom. The van der Waals surface area contributed by atoms with Gasteiger partial charge >= 0.3 is 5.76 Å². The second kappa shape index (κ2) is 8.89. The molecule has 2 aliphatic carbocycles. The zero-order valence-electron chi connectivity index (χ0n) is 19.5. The average molecular weight is 456 g/mol. The predicted octanol–water partition coefficient (Wildman–Crippen LogP) is 3.65. The summed E-state index contributed by atoms with van der Waals surface area (Å²) in [5.41, 5.74) is 1.28. The van der Waals surface area contributed by atoms with Gasteiger partial charge in [-0.1, -0.05) is 31.3 Å². The van der Waals surface area contributed by atoms with Crippen LogP contribution < -0.4 is 11.1 Å². The molecule has 0 saturated heterocycles. The van der Waals surface area contributed by atoms with Gasteiger partial charge in [0.25, 0.3) is 0 Å². The van der Waals surface area contributed by atoms with Crippen LogP contribution in [0, 0.1) is 17.8 Å². The molecule has 0 aromatic carbocycles. The Labute approximate surface area is 192 Å². The van der Waals surface area contributed by atoms with Crippen LogP contribution in [-0.2, 0) is 6.54 Å². The monoisotopic (exact) mass is 455 g/mol. The van der Waals surface area contributed by atoms with Crippen molar-refractivity contribution in [1.82, 2.24) is 29.7 Å². The number of nitrogens with one attached hydrogen (secondary N) is 2. The number of imidazole rings is 1. The van der Waals surface area contributed by atoms with Crippen LogP contribution in [0.15, 0.2) is 9.32 Å². The minimum absolute atomic E-state index is 0.163. The van der Waals surface area contributed by atoms with E-state index in [9.17, 15) is 9.90 Å². The normalized spacial score (nSPS) is 23.4. The lowest BCUT2D eigenvalue weighted by molar-refractivity contribution is 0.179. The maximum atomic E-state index is 11.5. The Hall–Kier alpha value is -2.75. The summed E-state index contributed by atoms with van der Waals surface area (Å²) in [4.78, 5) is 28.1. The van der Waals surface area contributed by atoms with Gasteiger partial charge in [-0.05, 0) is 57.3 Å². The van der Waals surface area contributed by atoms with E-state index < -0.39 is 11.9 Å². The Balaban J connectivity index is 1.60. The summed E-state index contributed by atoms with van der Waals surface area (Å²) in [7, 11) is 0. The van der Waals surface area contributed by atoms with E-state index >= 15 is 0 Å². The Morgan fingerprint density at radius 2 is 1.91 bits per heavy atom. The summed E-state index contributed by atoms with van der Waals surface area (Å²) in [6.07, 6.45) is 7.70. The van der Waals surface area contributed by atoms with E-state index in [1.807, 2.05) is 0 Å². The molecule has 2 aliphatic rings. The first kappa shape index (κ1) is 22.1. The van der Waals surface area contributed by atoms with Crippen molar-refractivity contribution in [2.75, 3.05) is 5.32 Å². The number of aromatic nitrogens is 6. The number of hydrogen-bond acceptors (Lipinski definition) is 8. The van der Waals surface area contributed by atoms with Crippen molar-refractivity contribution >= 4 is 17.0 Å². The molecule has 2 atom stereocenters. The highest BCUT2D eigenvalue weighted by Gasteiger charge is 2.29. The predicted molar refractivity (Wildman–Crippen MR) is 124 cm³/mol. The van der Waals surface area contributed by atoms with Gasteiger partial charge in [-0.3, -0.25) is 9.51 Å². The summed E-state index contributed by atoms with van der Waals surface area (Å²) in [5, 5.41) is 17.9. The van der Waals surface area contributed by atoms with Crippen molar-refractivity contribution in [1.29, 1.82) is 0 Å². The van der Waals surface area contributed by atoms with Crippen LogP contribution in [0.3, 0.4) is 0 Å². The summed E-state index contributed by atoms with van der Waals surface area (Å²) in [6, 6.07) is 0.231. The molecule has 5 rings (SSSR count). The van der Waals surface area contributed by atoms with Gasteiger partial charge in [0.2, 0.25) is 11.6 Å². The third kappa shape index (κ3) is 4.40. The lowest BCUT2D eigenvalue weighted by Gasteiger charge is -2.32.